The lowest BCUT2D eigenvalue weighted by Crippen LogP contribution is -2.21. The summed E-state index contributed by atoms with van der Waals surface area (Å²) >= 11 is 0. The number of hydrogen-bond donors (Lipinski definition) is 1. The van der Waals surface area contributed by atoms with Gasteiger partial charge in [-0.15, -0.1) is 12.3 Å². The monoisotopic (exact) mass is 190 g/mol. The van der Waals surface area contributed by atoms with Crippen molar-refractivity contribution >= 4 is 0 Å². The van der Waals surface area contributed by atoms with Crippen LogP contribution >= 0.6 is 0 Å². The first kappa shape index (κ1) is 9.23. The standard InChI is InChI=1S/C12H11FO/c1-2-7-12(14)8-6-9-10(12)4-3-5-11(9)13/h1,3-5,14H,6-8H2. The van der Waals surface area contributed by atoms with E-state index in [0.717, 1.165) is 0 Å². The molecule has 0 aromatic heterocycles. The molecule has 0 aliphatic heterocycles. The number of hydrogen-bond acceptors (Lipinski definition) is 1. The summed E-state index contributed by atoms with van der Waals surface area (Å²) in [5, 5.41) is 10.2. The molecule has 0 spiro atoms. The second kappa shape index (κ2) is 3.11. The zero-order chi connectivity index (χ0) is 10.2. The first-order chi connectivity index (χ1) is 6.67. The van der Waals surface area contributed by atoms with Crippen molar-refractivity contribution in [3.63, 3.8) is 0 Å². The van der Waals surface area contributed by atoms with Crippen LogP contribution in [-0.2, 0) is 12.0 Å². The third kappa shape index (κ3) is 1.21. The van der Waals surface area contributed by atoms with Crippen molar-refractivity contribution in [1.82, 2.24) is 0 Å². The van der Waals surface area contributed by atoms with Gasteiger partial charge in [0, 0.05) is 6.42 Å². The molecule has 14 heavy (non-hydrogen) atoms. The van der Waals surface area contributed by atoms with Crippen molar-refractivity contribution < 1.29 is 9.50 Å². The van der Waals surface area contributed by atoms with Crippen LogP contribution < -0.4 is 0 Å². The Kier molecular flexibility index (Phi) is 2.05. The molecule has 0 saturated heterocycles. The van der Waals surface area contributed by atoms with Crippen LogP contribution in [0.5, 0.6) is 0 Å². The van der Waals surface area contributed by atoms with Crippen LogP contribution in [0.3, 0.4) is 0 Å². The quantitative estimate of drug-likeness (QED) is 0.671. The van der Waals surface area contributed by atoms with E-state index in [1.807, 2.05) is 0 Å². The molecule has 0 heterocycles. The highest BCUT2D eigenvalue weighted by molar-refractivity contribution is 5.38. The molecule has 1 aliphatic carbocycles. The lowest BCUT2D eigenvalue weighted by molar-refractivity contribution is 0.0441. The Hall–Kier alpha value is -1.33. The van der Waals surface area contributed by atoms with Gasteiger partial charge in [0.1, 0.15) is 11.4 Å². The average Bonchev–Trinajstić information content (AvgIpc) is 2.47. The largest absolute Gasteiger partial charge is 0.384 e. The van der Waals surface area contributed by atoms with Gasteiger partial charge in [-0.1, -0.05) is 12.1 Å². The van der Waals surface area contributed by atoms with E-state index >= 15 is 0 Å². The minimum Gasteiger partial charge on any atom is -0.384 e. The van der Waals surface area contributed by atoms with Gasteiger partial charge in [-0.25, -0.2) is 4.39 Å². The summed E-state index contributed by atoms with van der Waals surface area (Å²) in [6.45, 7) is 0. The second-order valence-electron chi connectivity index (χ2n) is 3.68. The van der Waals surface area contributed by atoms with Crippen molar-refractivity contribution in [2.24, 2.45) is 0 Å². The van der Waals surface area contributed by atoms with Gasteiger partial charge in [-0.05, 0) is 30.0 Å². The molecule has 72 valence electrons. The highest BCUT2D eigenvalue weighted by Gasteiger charge is 2.37. The number of terminal acetylenes is 1. The first-order valence-electron chi connectivity index (χ1n) is 4.61. The number of fused-ring (bicyclic) bond motifs is 1. The van der Waals surface area contributed by atoms with Gasteiger partial charge >= 0.3 is 0 Å². The third-order valence-corrected chi connectivity index (χ3v) is 2.80. The predicted octanol–water partition coefficient (Wildman–Crippen LogP) is 1.98. The lowest BCUT2D eigenvalue weighted by Gasteiger charge is -2.20. The molecule has 0 bridgehead atoms. The number of rotatable bonds is 1. The Labute approximate surface area is 82.6 Å². The van der Waals surface area contributed by atoms with E-state index in [0.29, 0.717) is 24.0 Å². The van der Waals surface area contributed by atoms with Crippen molar-refractivity contribution in [2.45, 2.75) is 24.9 Å². The van der Waals surface area contributed by atoms with Crippen LogP contribution in [0.2, 0.25) is 0 Å². The summed E-state index contributed by atoms with van der Waals surface area (Å²) in [7, 11) is 0. The Morgan fingerprint density at radius 3 is 3.07 bits per heavy atom. The molecule has 1 aromatic rings. The van der Waals surface area contributed by atoms with Crippen LogP contribution in [0.25, 0.3) is 0 Å². The Morgan fingerprint density at radius 2 is 2.36 bits per heavy atom. The van der Waals surface area contributed by atoms with Crippen LogP contribution in [-0.4, -0.2) is 5.11 Å². The average molecular weight is 190 g/mol. The molecule has 0 fully saturated rings. The molecule has 1 nitrogen and oxygen atoms in total. The molecule has 1 aromatic carbocycles. The van der Waals surface area contributed by atoms with Gasteiger partial charge in [0.05, 0.1) is 0 Å². The zero-order valence-electron chi connectivity index (χ0n) is 7.76. The summed E-state index contributed by atoms with van der Waals surface area (Å²) in [5.74, 6) is 2.20. The Bertz CT molecular complexity index is 405. The third-order valence-electron chi connectivity index (χ3n) is 2.80. The molecule has 1 unspecified atom stereocenters. The van der Waals surface area contributed by atoms with Gasteiger partial charge in [0.25, 0.3) is 0 Å². The smallest absolute Gasteiger partial charge is 0.126 e. The number of halogens is 1. The molecule has 2 heteroatoms. The van der Waals surface area contributed by atoms with Crippen molar-refractivity contribution in [1.29, 1.82) is 0 Å². The summed E-state index contributed by atoms with van der Waals surface area (Å²) in [6.07, 6.45) is 6.53. The minimum atomic E-state index is -1.01. The molecule has 1 N–H and O–H groups in total. The van der Waals surface area contributed by atoms with Crippen molar-refractivity contribution in [2.75, 3.05) is 0 Å². The van der Waals surface area contributed by atoms with Crippen LogP contribution in [0, 0.1) is 18.2 Å². The Balaban J connectivity index is 2.50. The molecule has 1 aliphatic rings. The summed E-state index contributed by atoms with van der Waals surface area (Å²) < 4.78 is 13.3. The summed E-state index contributed by atoms with van der Waals surface area (Å²) in [5.41, 5.74) is 0.271. The van der Waals surface area contributed by atoms with Gasteiger partial charge in [-0.2, -0.15) is 0 Å². The van der Waals surface area contributed by atoms with Crippen LogP contribution in [0.15, 0.2) is 18.2 Å². The van der Waals surface area contributed by atoms with Crippen molar-refractivity contribution in [3.05, 3.63) is 35.1 Å². The van der Waals surface area contributed by atoms with E-state index in [1.165, 1.54) is 6.07 Å². The number of benzene rings is 1. The molecule has 0 amide bonds. The zero-order valence-corrected chi connectivity index (χ0v) is 7.76. The van der Waals surface area contributed by atoms with Crippen LogP contribution in [0.1, 0.15) is 24.0 Å². The van der Waals surface area contributed by atoms with E-state index in [2.05, 4.69) is 5.92 Å². The van der Waals surface area contributed by atoms with E-state index in [9.17, 15) is 9.50 Å². The fourth-order valence-corrected chi connectivity index (χ4v) is 2.07. The van der Waals surface area contributed by atoms with Gasteiger partial charge in [0.2, 0.25) is 0 Å². The topological polar surface area (TPSA) is 20.2 Å². The van der Waals surface area contributed by atoms with Gasteiger partial charge in [-0.3, -0.25) is 0 Å². The second-order valence-corrected chi connectivity index (χ2v) is 3.68. The fraction of sp³-hybridized carbons (Fsp3) is 0.333. The highest BCUT2D eigenvalue weighted by Crippen LogP contribution is 2.39. The SMILES string of the molecule is C#CCC1(O)CCc2c(F)cccc21. The van der Waals surface area contributed by atoms with Gasteiger partial charge < -0.3 is 5.11 Å². The maximum absolute atomic E-state index is 13.3. The maximum atomic E-state index is 13.3. The normalized spacial score (nSPS) is 24.4. The van der Waals surface area contributed by atoms with Crippen molar-refractivity contribution in [3.8, 4) is 12.3 Å². The van der Waals surface area contributed by atoms with Crippen LogP contribution in [0.4, 0.5) is 4.39 Å². The minimum absolute atomic E-state index is 0.240. The van der Waals surface area contributed by atoms with E-state index in [-0.39, 0.29) is 12.2 Å². The lowest BCUT2D eigenvalue weighted by atomic mass is 9.93. The molecule has 0 saturated carbocycles. The summed E-state index contributed by atoms with van der Waals surface area (Å²) in [6, 6.07) is 4.78. The van der Waals surface area contributed by atoms with Gasteiger partial charge in [0.15, 0.2) is 0 Å². The molecule has 1 atom stereocenters. The molecular weight excluding hydrogens is 179 g/mol. The molecule has 2 rings (SSSR count). The Morgan fingerprint density at radius 1 is 1.57 bits per heavy atom. The van der Waals surface area contributed by atoms with E-state index in [1.54, 1.807) is 12.1 Å². The first-order valence-corrected chi connectivity index (χ1v) is 4.61. The predicted molar refractivity (Wildman–Crippen MR) is 52.1 cm³/mol. The molecule has 0 radical (unpaired) electrons. The maximum Gasteiger partial charge on any atom is 0.126 e. The highest BCUT2D eigenvalue weighted by atomic mass is 19.1. The van der Waals surface area contributed by atoms with E-state index in [4.69, 9.17) is 6.42 Å². The fourth-order valence-electron chi connectivity index (χ4n) is 2.07. The molecular formula is C12H11FO. The number of aliphatic hydroxyl groups is 1. The van der Waals surface area contributed by atoms with E-state index < -0.39 is 5.60 Å². The summed E-state index contributed by atoms with van der Waals surface area (Å²) in [4.78, 5) is 0.